The fraction of sp³-hybridized carbons (Fsp3) is 0.227. The number of nitrogens with zero attached hydrogens (tertiary/aromatic N) is 2. The minimum atomic E-state index is -0.303. The Balaban J connectivity index is 1.71. The van der Waals surface area contributed by atoms with Crippen molar-refractivity contribution in [3.05, 3.63) is 65.9 Å². The highest BCUT2D eigenvalue weighted by molar-refractivity contribution is 6.03. The third-order valence-electron chi connectivity index (χ3n) is 4.38. The van der Waals surface area contributed by atoms with Crippen LogP contribution < -0.4 is 20.1 Å². The molecule has 1 heterocycles. The van der Waals surface area contributed by atoms with Crippen molar-refractivity contribution < 1.29 is 14.3 Å². The molecule has 1 aromatic heterocycles. The minimum absolute atomic E-state index is 0.237. The minimum Gasteiger partial charge on any atom is -0.493 e. The highest BCUT2D eigenvalue weighted by Gasteiger charge is 2.13. The summed E-state index contributed by atoms with van der Waals surface area (Å²) in [5.41, 5.74) is 2.85. The smallest absolute Gasteiger partial charge is 0.276 e. The van der Waals surface area contributed by atoms with Crippen LogP contribution in [-0.4, -0.2) is 30.3 Å². The molecule has 0 aliphatic heterocycles. The molecular formula is C22H24N4O3. The monoisotopic (exact) mass is 392 g/mol. The molecule has 0 aliphatic carbocycles. The lowest BCUT2D eigenvalue weighted by Gasteiger charge is -2.13. The first-order chi connectivity index (χ1) is 14.0. The van der Waals surface area contributed by atoms with E-state index in [0.717, 1.165) is 16.9 Å². The summed E-state index contributed by atoms with van der Waals surface area (Å²) in [7, 11) is 3.16. The number of aromatic nitrogens is 2. The van der Waals surface area contributed by atoms with E-state index in [2.05, 4.69) is 34.7 Å². The average Bonchev–Trinajstić information content (AvgIpc) is 2.74. The number of anilines is 3. The zero-order valence-electron chi connectivity index (χ0n) is 16.9. The van der Waals surface area contributed by atoms with Gasteiger partial charge in [0.05, 0.1) is 14.2 Å². The lowest BCUT2D eigenvalue weighted by Crippen LogP contribution is -2.16. The molecule has 150 valence electrons. The van der Waals surface area contributed by atoms with Crippen LogP contribution in [0.2, 0.25) is 0 Å². The molecule has 3 rings (SSSR count). The number of carbonyl (C=O) groups is 1. The van der Waals surface area contributed by atoms with E-state index in [-0.39, 0.29) is 11.6 Å². The summed E-state index contributed by atoms with van der Waals surface area (Å²) in [5.74, 6) is 1.74. The Hall–Kier alpha value is -3.61. The molecule has 0 fully saturated rings. The van der Waals surface area contributed by atoms with Gasteiger partial charge in [0, 0.05) is 17.4 Å². The third kappa shape index (κ3) is 4.82. The van der Waals surface area contributed by atoms with Gasteiger partial charge < -0.3 is 20.1 Å². The second kappa shape index (κ2) is 9.05. The zero-order valence-corrected chi connectivity index (χ0v) is 16.9. The number of hydrogen-bond donors (Lipinski definition) is 2. The maximum Gasteiger partial charge on any atom is 0.276 e. The maximum absolute atomic E-state index is 12.5. The van der Waals surface area contributed by atoms with Crippen molar-refractivity contribution in [2.45, 2.75) is 19.8 Å². The quantitative estimate of drug-likeness (QED) is 0.611. The molecule has 0 saturated heterocycles. The molecule has 1 amide bonds. The fourth-order valence-electron chi connectivity index (χ4n) is 2.88. The first kappa shape index (κ1) is 20.1. The standard InChI is InChI=1S/C22H24N4O3/c1-14(2)16-7-5-6-8-17(16)24-22(27)18-10-12-21(26-25-18)23-15-9-11-19(28-3)20(13-15)29-4/h5-14H,1-4H3,(H,23,26)(H,24,27). The van der Waals surface area contributed by atoms with Crippen LogP contribution in [0.15, 0.2) is 54.6 Å². The summed E-state index contributed by atoms with van der Waals surface area (Å²) in [4.78, 5) is 12.5. The Morgan fingerprint density at radius 1 is 0.931 bits per heavy atom. The van der Waals surface area contributed by atoms with E-state index >= 15 is 0 Å². The van der Waals surface area contributed by atoms with Gasteiger partial charge in [0.25, 0.3) is 5.91 Å². The highest BCUT2D eigenvalue weighted by Crippen LogP contribution is 2.30. The fourth-order valence-corrected chi connectivity index (χ4v) is 2.88. The van der Waals surface area contributed by atoms with Gasteiger partial charge >= 0.3 is 0 Å². The first-order valence-electron chi connectivity index (χ1n) is 9.25. The Labute approximate surface area is 170 Å². The molecule has 0 saturated carbocycles. The molecular weight excluding hydrogens is 368 g/mol. The van der Waals surface area contributed by atoms with Crippen LogP contribution in [0.4, 0.5) is 17.2 Å². The molecule has 29 heavy (non-hydrogen) atoms. The number of hydrogen-bond acceptors (Lipinski definition) is 6. The van der Waals surface area contributed by atoms with Crippen molar-refractivity contribution in [2.75, 3.05) is 24.9 Å². The predicted octanol–water partition coefficient (Wildman–Crippen LogP) is 4.61. The summed E-state index contributed by atoms with van der Waals surface area (Å²) < 4.78 is 10.5. The van der Waals surface area contributed by atoms with Crippen LogP contribution in [0, 0.1) is 0 Å². The van der Waals surface area contributed by atoms with Gasteiger partial charge in [-0.3, -0.25) is 4.79 Å². The van der Waals surface area contributed by atoms with Gasteiger partial charge in [0.1, 0.15) is 0 Å². The summed E-state index contributed by atoms with van der Waals surface area (Å²) in [5, 5.41) is 14.2. The van der Waals surface area contributed by atoms with Gasteiger partial charge in [0.15, 0.2) is 23.0 Å². The summed E-state index contributed by atoms with van der Waals surface area (Å²) in [6.45, 7) is 4.17. The lowest BCUT2D eigenvalue weighted by molar-refractivity contribution is 0.102. The van der Waals surface area contributed by atoms with Crippen molar-refractivity contribution in [2.24, 2.45) is 0 Å². The van der Waals surface area contributed by atoms with Crippen LogP contribution in [0.5, 0.6) is 11.5 Å². The molecule has 0 radical (unpaired) electrons. The highest BCUT2D eigenvalue weighted by atomic mass is 16.5. The van der Waals surface area contributed by atoms with Crippen LogP contribution in [-0.2, 0) is 0 Å². The number of benzene rings is 2. The SMILES string of the molecule is COc1ccc(Nc2ccc(C(=O)Nc3ccccc3C(C)C)nn2)cc1OC. The molecule has 0 bridgehead atoms. The first-order valence-corrected chi connectivity index (χ1v) is 9.25. The van der Waals surface area contributed by atoms with Crippen LogP contribution in [0.1, 0.15) is 35.8 Å². The van der Waals surface area contributed by atoms with Crippen LogP contribution in [0.3, 0.4) is 0 Å². The van der Waals surface area contributed by atoms with E-state index in [1.165, 1.54) is 0 Å². The van der Waals surface area contributed by atoms with E-state index in [1.54, 1.807) is 38.5 Å². The van der Waals surface area contributed by atoms with E-state index in [9.17, 15) is 4.79 Å². The second-order valence-electron chi connectivity index (χ2n) is 6.69. The zero-order chi connectivity index (χ0) is 20.8. The van der Waals surface area contributed by atoms with Crippen molar-refractivity contribution in [1.29, 1.82) is 0 Å². The van der Waals surface area contributed by atoms with Gasteiger partial charge in [-0.15, -0.1) is 10.2 Å². The molecule has 7 heteroatoms. The molecule has 0 unspecified atom stereocenters. The molecule has 0 atom stereocenters. The number of nitrogens with one attached hydrogen (secondary N) is 2. The Morgan fingerprint density at radius 3 is 2.34 bits per heavy atom. The predicted molar refractivity (Wildman–Crippen MR) is 113 cm³/mol. The topological polar surface area (TPSA) is 85.4 Å². The number of carbonyl (C=O) groups excluding carboxylic acids is 1. The largest absolute Gasteiger partial charge is 0.493 e. The van der Waals surface area contributed by atoms with Crippen molar-refractivity contribution in [3.63, 3.8) is 0 Å². The normalized spacial score (nSPS) is 10.5. The second-order valence-corrected chi connectivity index (χ2v) is 6.69. The van der Waals surface area contributed by atoms with E-state index in [4.69, 9.17) is 9.47 Å². The van der Waals surface area contributed by atoms with Gasteiger partial charge in [0.2, 0.25) is 0 Å². The van der Waals surface area contributed by atoms with Gasteiger partial charge in [-0.25, -0.2) is 0 Å². The Morgan fingerprint density at radius 2 is 1.69 bits per heavy atom. The molecule has 0 spiro atoms. The Bertz CT molecular complexity index is 988. The Kier molecular flexibility index (Phi) is 6.29. The molecule has 0 aliphatic rings. The van der Waals surface area contributed by atoms with Crippen molar-refractivity contribution >= 4 is 23.1 Å². The van der Waals surface area contributed by atoms with Gasteiger partial charge in [-0.2, -0.15) is 0 Å². The molecule has 7 nitrogen and oxygen atoms in total. The summed E-state index contributed by atoms with van der Waals surface area (Å²) in [6.07, 6.45) is 0. The number of ether oxygens (including phenoxy) is 2. The van der Waals surface area contributed by atoms with Crippen molar-refractivity contribution in [1.82, 2.24) is 10.2 Å². The number of para-hydroxylation sites is 1. The van der Waals surface area contributed by atoms with E-state index in [0.29, 0.717) is 23.2 Å². The number of rotatable bonds is 7. The number of amides is 1. The molecule has 2 N–H and O–H groups in total. The lowest BCUT2D eigenvalue weighted by atomic mass is 10.0. The summed E-state index contributed by atoms with van der Waals surface area (Å²) >= 11 is 0. The van der Waals surface area contributed by atoms with Gasteiger partial charge in [-0.1, -0.05) is 32.0 Å². The van der Waals surface area contributed by atoms with Crippen molar-refractivity contribution in [3.8, 4) is 11.5 Å². The third-order valence-corrected chi connectivity index (χ3v) is 4.38. The van der Waals surface area contributed by atoms with Crippen LogP contribution in [0.25, 0.3) is 0 Å². The molecule has 3 aromatic rings. The van der Waals surface area contributed by atoms with Gasteiger partial charge in [-0.05, 0) is 41.8 Å². The summed E-state index contributed by atoms with van der Waals surface area (Å²) in [6, 6.07) is 16.5. The number of methoxy groups -OCH3 is 2. The molecule has 2 aromatic carbocycles. The van der Waals surface area contributed by atoms with E-state index < -0.39 is 0 Å². The average molecular weight is 392 g/mol. The van der Waals surface area contributed by atoms with E-state index in [1.807, 2.05) is 30.3 Å². The maximum atomic E-state index is 12.5. The van der Waals surface area contributed by atoms with Crippen LogP contribution >= 0.6 is 0 Å².